The minimum Gasteiger partial charge on any atom is -0.505 e. The SMILES string of the molecule is O=[N+]([O-])c1cc(S(=O)(=O)O)cc(/N=N\c2ccc(O)c(N=Nc3ccc(S(=O)(=O)CCOS(=O)(=O)O)cc3S(=O)(=O)O)c2O)c1O. The van der Waals surface area contributed by atoms with Gasteiger partial charge in [0.1, 0.15) is 32.6 Å². The quantitative estimate of drug-likeness (QED) is 0.0675. The normalized spacial score (nSPS) is 13.0. The molecule has 0 saturated heterocycles. The maximum Gasteiger partial charge on any atom is 0.397 e. The number of hydrogen-bond donors (Lipinski definition) is 6. The van der Waals surface area contributed by atoms with Crippen LogP contribution in [0.15, 0.2) is 77.6 Å². The van der Waals surface area contributed by atoms with Crippen molar-refractivity contribution in [2.24, 2.45) is 20.5 Å². The molecule has 0 saturated carbocycles. The first kappa shape index (κ1) is 35.8. The second kappa shape index (κ2) is 13.0. The van der Waals surface area contributed by atoms with Crippen LogP contribution in [0.5, 0.6) is 17.2 Å². The Balaban J connectivity index is 2.04. The van der Waals surface area contributed by atoms with E-state index in [2.05, 4.69) is 24.6 Å². The van der Waals surface area contributed by atoms with Gasteiger partial charge in [-0.3, -0.25) is 23.8 Å². The number of hydrogen-bond acceptors (Lipinski definition) is 18. The largest absolute Gasteiger partial charge is 0.505 e. The molecule has 0 amide bonds. The second-order valence-corrected chi connectivity index (χ2v) is 14.4. The first-order chi connectivity index (χ1) is 21.0. The molecule has 0 radical (unpaired) electrons. The van der Waals surface area contributed by atoms with Gasteiger partial charge in [-0.2, -0.15) is 25.3 Å². The lowest BCUT2D eigenvalue weighted by Crippen LogP contribution is -2.16. The predicted octanol–water partition coefficient (Wildman–Crippen LogP) is 2.63. The van der Waals surface area contributed by atoms with Gasteiger partial charge in [-0.25, -0.2) is 12.6 Å². The van der Waals surface area contributed by atoms with Crippen molar-refractivity contribution in [3.63, 3.8) is 0 Å². The van der Waals surface area contributed by atoms with Crippen LogP contribution in [0.1, 0.15) is 0 Å². The van der Waals surface area contributed by atoms with Gasteiger partial charge in [-0.05, 0) is 36.4 Å². The minimum absolute atomic E-state index is 0.335. The topological polar surface area (TPSA) is 360 Å². The Bertz CT molecular complexity index is 2240. The molecule has 0 aliphatic rings. The van der Waals surface area contributed by atoms with Crippen molar-refractivity contribution in [1.29, 1.82) is 0 Å². The van der Waals surface area contributed by atoms with Gasteiger partial charge in [0.25, 0.3) is 20.2 Å². The van der Waals surface area contributed by atoms with Gasteiger partial charge >= 0.3 is 16.1 Å². The average molecular weight is 728 g/mol. The van der Waals surface area contributed by atoms with Crippen molar-refractivity contribution >= 4 is 68.9 Å². The minimum atomic E-state index is -5.24. The lowest BCUT2D eigenvalue weighted by molar-refractivity contribution is -0.386. The fourth-order valence-electron chi connectivity index (χ4n) is 3.24. The molecular formula is C20H17N5O17S4. The molecule has 0 bridgehead atoms. The van der Waals surface area contributed by atoms with Gasteiger partial charge in [0, 0.05) is 6.07 Å². The Morgan fingerprint density at radius 3 is 1.85 bits per heavy atom. The number of phenols is 3. The summed E-state index contributed by atoms with van der Waals surface area (Å²) in [4.78, 5) is 7.01. The highest BCUT2D eigenvalue weighted by molar-refractivity contribution is 7.91. The first-order valence-electron chi connectivity index (χ1n) is 11.3. The Labute approximate surface area is 257 Å². The third-order valence-corrected chi connectivity index (χ3v) is 9.18. The maximum absolute atomic E-state index is 12.5. The van der Waals surface area contributed by atoms with E-state index in [1.54, 1.807) is 0 Å². The van der Waals surface area contributed by atoms with Crippen LogP contribution in [0.3, 0.4) is 0 Å². The summed E-state index contributed by atoms with van der Waals surface area (Å²) in [6.45, 7) is -1.06. The van der Waals surface area contributed by atoms with E-state index >= 15 is 0 Å². The molecule has 22 nitrogen and oxygen atoms in total. The molecule has 3 rings (SSSR count). The highest BCUT2D eigenvalue weighted by atomic mass is 32.3. The summed E-state index contributed by atoms with van der Waals surface area (Å²) < 4.78 is 124. The number of aromatic hydroxyl groups is 3. The number of azo groups is 2. The van der Waals surface area contributed by atoms with Gasteiger partial charge in [0.15, 0.2) is 21.3 Å². The van der Waals surface area contributed by atoms with Crippen LogP contribution in [0, 0.1) is 10.1 Å². The van der Waals surface area contributed by atoms with Gasteiger partial charge < -0.3 is 15.3 Å². The molecule has 0 spiro atoms. The molecule has 248 valence electrons. The summed E-state index contributed by atoms with van der Waals surface area (Å²) in [6.07, 6.45) is 0. The number of phenolic OH excluding ortho intramolecular Hbond substituents is 3. The fourth-order valence-corrected chi connectivity index (χ4v) is 5.99. The zero-order chi connectivity index (χ0) is 34.8. The van der Waals surface area contributed by atoms with Gasteiger partial charge in [-0.15, -0.1) is 20.5 Å². The third-order valence-electron chi connectivity index (χ3n) is 5.32. The highest BCUT2D eigenvalue weighted by Gasteiger charge is 2.25. The van der Waals surface area contributed by atoms with Crippen LogP contribution in [-0.4, -0.2) is 79.9 Å². The van der Waals surface area contributed by atoms with Crippen molar-refractivity contribution in [3.8, 4) is 17.2 Å². The lowest BCUT2D eigenvalue weighted by Gasteiger charge is -2.08. The van der Waals surface area contributed by atoms with Crippen molar-refractivity contribution in [2.45, 2.75) is 14.7 Å². The summed E-state index contributed by atoms with van der Waals surface area (Å²) in [5, 5.41) is 55.8. The van der Waals surface area contributed by atoms with Crippen LogP contribution in [0.25, 0.3) is 0 Å². The van der Waals surface area contributed by atoms with E-state index in [4.69, 9.17) is 4.55 Å². The second-order valence-electron chi connectivity index (χ2n) is 8.42. The van der Waals surface area contributed by atoms with Crippen LogP contribution >= 0.6 is 0 Å². The molecule has 0 aromatic heterocycles. The highest BCUT2D eigenvalue weighted by Crippen LogP contribution is 2.45. The Morgan fingerprint density at radius 2 is 1.28 bits per heavy atom. The van der Waals surface area contributed by atoms with Crippen molar-refractivity contribution < 1.29 is 71.8 Å². The molecule has 0 heterocycles. The zero-order valence-electron chi connectivity index (χ0n) is 22.0. The molecule has 6 N–H and O–H groups in total. The molecule has 0 unspecified atom stereocenters. The van der Waals surface area contributed by atoms with Crippen LogP contribution in [0.2, 0.25) is 0 Å². The van der Waals surface area contributed by atoms with E-state index in [0.717, 1.165) is 24.3 Å². The standard InChI is InChI=1S/C20H17N5O17S4/c26-16-4-3-13(22-23-14-7-11(44(33,34)35)8-15(19(14)27)25(29)30)20(28)18(16)24-21-12-2-1-10(9-17(12)45(36,37)38)43(31,32)6-5-42-46(39,40)41/h1-4,7-9,26-28H,5-6H2,(H,33,34,35)(H,36,37,38)(H,39,40,41)/b23-22-,24-21?. The van der Waals surface area contributed by atoms with Crippen LogP contribution in [-0.2, 0) is 44.7 Å². The molecule has 0 aliphatic heterocycles. The molecule has 0 atom stereocenters. The van der Waals surface area contributed by atoms with E-state index in [9.17, 15) is 68.2 Å². The van der Waals surface area contributed by atoms with E-state index in [1.165, 1.54) is 0 Å². The van der Waals surface area contributed by atoms with Crippen molar-refractivity contribution in [3.05, 3.63) is 52.6 Å². The van der Waals surface area contributed by atoms with Gasteiger partial charge in [-0.1, -0.05) is 0 Å². The summed E-state index contributed by atoms with van der Waals surface area (Å²) in [5.74, 6) is -4.11. The molecule has 3 aromatic carbocycles. The van der Waals surface area contributed by atoms with Crippen molar-refractivity contribution in [2.75, 3.05) is 12.4 Å². The van der Waals surface area contributed by atoms with E-state index in [0.29, 0.717) is 18.2 Å². The Hall–Kier alpha value is -4.70. The molecule has 0 aliphatic carbocycles. The van der Waals surface area contributed by atoms with Gasteiger partial charge in [0.05, 0.1) is 22.2 Å². The molecule has 3 aromatic rings. The number of benzene rings is 3. The molecule has 26 heteroatoms. The van der Waals surface area contributed by atoms with E-state index in [1.807, 2.05) is 0 Å². The number of nitrogens with zero attached hydrogens (tertiary/aromatic N) is 5. The molecular weight excluding hydrogens is 711 g/mol. The van der Waals surface area contributed by atoms with Crippen molar-refractivity contribution in [1.82, 2.24) is 0 Å². The molecule has 46 heavy (non-hydrogen) atoms. The monoisotopic (exact) mass is 727 g/mol. The van der Waals surface area contributed by atoms with Crippen LogP contribution < -0.4 is 0 Å². The predicted molar refractivity (Wildman–Crippen MR) is 149 cm³/mol. The number of nitro benzene ring substituents is 1. The molecule has 0 fully saturated rings. The smallest absolute Gasteiger partial charge is 0.397 e. The third kappa shape index (κ3) is 8.72. The van der Waals surface area contributed by atoms with E-state index < -0.39 is 118 Å². The van der Waals surface area contributed by atoms with E-state index in [-0.39, 0.29) is 0 Å². The summed E-state index contributed by atoms with van der Waals surface area (Å²) >= 11 is 0. The number of nitro groups is 1. The maximum atomic E-state index is 12.5. The Morgan fingerprint density at radius 1 is 0.696 bits per heavy atom. The summed E-state index contributed by atoms with van der Waals surface area (Å²) in [5.41, 5.74) is -4.24. The fraction of sp³-hybridized carbons (Fsp3) is 0.100. The zero-order valence-corrected chi connectivity index (χ0v) is 25.3. The average Bonchev–Trinajstić information content (AvgIpc) is 2.91. The van der Waals surface area contributed by atoms with Gasteiger partial charge in [0.2, 0.25) is 5.75 Å². The first-order valence-corrected chi connectivity index (χ1v) is 17.2. The summed E-state index contributed by atoms with van der Waals surface area (Å²) in [7, 11) is -19.7. The lowest BCUT2D eigenvalue weighted by atomic mass is 10.2. The Kier molecular flexibility index (Phi) is 10.1. The number of rotatable bonds is 12. The number of sulfone groups is 1. The summed E-state index contributed by atoms with van der Waals surface area (Å²) in [6, 6.07) is 4.47. The van der Waals surface area contributed by atoms with Crippen LogP contribution in [0.4, 0.5) is 28.4 Å².